The third-order valence-electron chi connectivity index (χ3n) is 9.07. The van der Waals surface area contributed by atoms with Crippen molar-refractivity contribution in [3.05, 3.63) is 54.1 Å². The summed E-state index contributed by atoms with van der Waals surface area (Å²) in [5, 5.41) is 28.0. The number of aromatic nitrogens is 2. The number of aromatic amines is 1. The largest absolute Gasteiger partial charge is 0.390 e. The molecule has 2 aromatic rings. The lowest BCUT2D eigenvalue weighted by Crippen LogP contribution is -2.56. The molecule has 0 radical (unpaired) electrons. The highest BCUT2D eigenvalue weighted by Gasteiger charge is 2.40. The molecule has 1 heterocycles. The van der Waals surface area contributed by atoms with Crippen LogP contribution in [0.5, 0.6) is 0 Å². The second kappa shape index (κ2) is 15.1. The van der Waals surface area contributed by atoms with E-state index in [4.69, 9.17) is 0 Å². The Hall–Kier alpha value is -3.04. The van der Waals surface area contributed by atoms with Crippen molar-refractivity contribution in [3.8, 4) is 0 Å². The molecular weight excluding hydrogens is 544 g/mol. The molecule has 43 heavy (non-hydrogen) atoms. The zero-order chi connectivity index (χ0) is 31.0. The van der Waals surface area contributed by atoms with E-state index in [1.165, 1.54) is 12.7 Å². The van der Waals surface area contributed by atoms with E-state index in [2.05, 4.69) is 20.6 Å². The fourth-order valence-corrected chi connectivity index (χ4v) is 6.10. The van der Waals surface area contributed by atoms with E-state index in [0.29, 0.717) is 24.5 Å². The summed E-state index contributed by atoms with van der Waals surface area (Å²) in [4.78, 5) is 48.0. The fourth-order valence-electron chi connectivity index (χ4n) is 6.10. The molecule has 5 N–H and O–H groups in total. The molecule has 0 saturated heterocycles. The number of aliphatic hydroxyl groups is 2. The van der Waals surface area contributed by atoms with Gasteiger partial charge in [-0.3, -0.25) is 14.4 Å². The number of aliphatic hydroxyl groups excluding tert-OH is 2. The van der Waals surface area contributed by atoms with Crippen molar-refractivity contribution in [2.24, 2.45) is 23.2 Å². The molecule has 4 rings (SSSR count). The number of carbonyl (C=O) groups excluding carboxylic acids is 3. The van der Waals surface area contributed by atoms with E-state index in [-0.39, 0.29) is 30.4 Å². The molecule has 1 aromatic carbocycles. The molecule has 0 aliphatic heterocycles. The Morgan fingerprint density at radius 2 is 1.65 bits per heavy atom. The number of rotatable bonds is 15. The lowest BCUT2D eigenvalue weighted by molar-refractivity contribution is -0.135. The molecule has 9 heteroatoms. The first-order valence-electron chi connectivity index (χ1n) is 16.0. The van der Waals surface area contributed by atoms with E-state index in [9.17, 15) is 24.6 Å². The van der Waals surface area contributed by atoms with Gasteiger partial charge < -0.3 is 25.8 Å². The summed E-state index contributed by atoms with van der Waals surface area (Å²) in [5.74, 6) is -1.08. The molecule has 2 amide bonds. The molecule has 9 nitrogen and oxygen atoms in total. The van der Waals surface area contributed by atoms with E-state index in [1.807, 2.05) is 51.1 Å². The minimum Gasteiger partial charge on any atom is -0.390 e. The molecule has 2 aliphatic rings. The second-order valence-electron chi connectivity index (χ2n) is 13.8. The number of Topliss-reactive ketones (excluding diaryl/α,β-unsaturated/α-hetero) is 1. The summed E-state index contributed by atoms with van der Waals surface area (Å²) < 4.78 is 0. The number of nitrogens with zero attached hydrogens (tertiary/aromatic N) is 1. The number of hydrogen-bond acceptors (Lipinski definition) is 6. The van der Waals surface area contributed by atoms with Crippen molar-refractivity contribution in [3.63, 3.8) is 0 Å². The predicted molar refractivity (Wildman–Crippen MR) is 165 cm³/mol. The zero-order valence-electron chi connectivity index (χ0n) is 25.9. The Morgan fingerprint density at radius 1 is 0.953 bits per heavy atom. The van der Waals surface area contributed by atoms with E-state index < -0.39 is 41.5 Å². The molecule has 1 aromatic heterocycles. The molecular formula is C34H50N4O5. The van der Waals surface area contributed by atoms with Crippen LogP contribution in [-0.2, 0) is 27.2 Å². The third kappa shape index (κ3) is 10.00. The van der Waals surface area contributed by atoms with Crippen LogP contribution in [0.15, 0.2) is 42.9 Å². The van der Waals surface area contributed by atoms with Gasteiger partial charge in [0.2, 0.25) is 11.8 Å². The number of H-pyrrole nitrogens is 1. The Balaban J connectivity index is 1.53. The van der Waals surface area contributed by atoms with Gasteiger partial charge in [0.25, 0.3) is 0 Å². The molecule has 0 unspecified atom stereocenters. The van der Waals surface area contributed by atoms with Gasteiger partial charge >= 0.3 is 0 Å². The van der Waals surface area contributed by atoms with Gasteiger partial charge in [0.05, 0.1) is 24.2 Å². The normalized spacial score (nSPS) is 19.6. The Kier molecular flexibility index (Phi) is 11.5. The first-order chi connectivity index (χ1) is 20.5. The molecule has 0 spiro atoms. The maximum Gasteiger partial charge on any atom is 0.243 e. The fraction of sp³-hybridized carbons (Fsp3) is 0.647. The average Bonchev–Trinajstić information content (AvgIpc) is 3.71. The molecule has 0 bridgehead atoms. The maximum atomic E-state index is 13.9. The minimum absolute atomic E-state index is 0.0263. The minimum atomic E-state index is -1.09. The van der Waals surface area contributed by atoms with Crippen LogP contribution in [0.3, 0.4) is 0 Å². The summed E-state index contributed by atoms with van der Waals surface area (Å²) >= 11 is 0. The van der Waals surface area contributed by atoms with Gasteiger partial charge in [-0.25, -0.2) is 4.98 Å². The van der Waals surface area contributed by atoms with Gasteiger partial charge in [0.15, 0.2) is 0 Å². The van der Waals surface area contributed by atoms with Crippen LogP contribution in [0, 0.1) is 23.2 Å². The van der Waals surface area contributed by atoms with E-state index >= 15 is 0 Å². The van der Waals surface area contributed by atoms with Gasteiger partial charge in [-0.1, -0.05) is 83.2 Å². The molecule has 2 aliphatic carbocycles. The van der Waals surface area contributed by atoms with Crippen LogP contribution in [0.1, 0.15) is 89.8 Å². The standard InChI is InChI=1S/C34H50N4O5/c1-34(2,3)29(39)18-25(16-22-10-6-4-7-11-22)32(42)38-28(19-26-20-35-21-36-26)33(43)37-27(17-23-12-8-5-9-13-23)31(41)30(40)24-14-15-24/h4,6-7,10-11,20-21,23-25,27-28,30-31,40-41H,5,8-9,12-19H2,1-3H3,(H,35,36)(H,37,43)(H,38,42)/t25-,27+,28+,30+,31-/m1/s1. The second-order valence-corrected chi connectivity index (χ2v) is 13.8. The quantitative estimate of drug-likeness (QED) is 0.212. The smallest absolute Gasteiger partial charge is 0.243 e. The number of ketones is 1. The number of benzene rings is 1. The highest BCUT2D eigenvalue weighted by Crippen LogP contribution is 2.36. The molecule has 2 fully saturated rings. The van der Waals surface area contributed by atoms with E-state index in [0.717, 1.165) is 44.1 Å². The van der Waals surface area contributed by atoms with Crippen LogP contribution >= 0.6 is 0 Å². The monoisotopic (exact) mass is 594 g/mol. The number of imidazole rings is 1. The lowest BCUT2D eigenvalue weighted by Gasteiger charge is -2.33. The van der Waals surface area contributed by atoms with Crippen molar-refractivity contribution < 1.29 is 24.6 Å². The van der Waals surface area contributed by atoms with Gasteiger partial charge in [-0.15, -0.1) is 0 Å². The van der Waals surface area contributed by atoms with Crippen molar-refractivity contribution in [2.45, 2.75) is 116 Å². The average molecular weight is 595 g/mol. The van der Waals surface area contributed by atoms with Crippen LogP contribution < -0.4 is 10.6 Å². The molecule has 2 saturated carbocycles. The van der Waals surface area contributed by atoms with Crippen molar-refractivity contribution in [1.29, 1.82) is 0 Å². The van der Waals surface area contributed by atoms with Gasteiger partial charge in [-0.05, 0) is 43.1 Å². The number of hydrogen-bond donors (Lipinski definition) is 5. The van der Waals surface area contributed by atoms with Gasteiger partial charge in [-0.2, -0.15) is 0 Å². The highest BCUT2D eigenvalue weighted by atomic mass is 16.3. The van der Waals surface area contributed by atoms with Gasteiger partial charge in [0.1, 0.15) is 17.9 Å². The van der Waals surface area contributed by atoms with Crippen molar-refractivity contribution in [1.82, 2.24) is 20.6 Å². The van der Waals surface area contributed by atoms with Gasteiger partial charge in [0, 0.05) is 30.4 Å². The lowest BCUT2D eigenvalue weighted by atomic mass is 9.82. The predicted octanol–water partition coefficient (Wildman–Crippen LogP) is 3.89. The first kappa shape index (κ1) is 32.9. The zero-order valence-corrected chi connectivity index (χ0v) is 25.9. The summed E-state index contributed by atoms with van der Waals surface area (Å²) in [6, 6.07) is 7.96. The first-order valence-corrected chi connectivity index (χ1v) is 16.0. The third-order valence-corrected chi connectivity index (χ3v) is 9.07. The number of nitrogens with one attached hydrogen (secondary N) is 3. The summed E-state index contributed by atoms with van der Waals surface area (Å²) in [5.41, 5.74) is 0.932. The van der Waals surface area contributed by atoms with Crippen molar-refractivity contribution >= 4 is 17.6 Å². The number of amides is 2. The molecule has 5 atom stereocenters. The summed E-state index contributed by atoms with van der Waals surface area (Å²) in [6.07, 6.45) is 9.62. The highest BCUT2D eigenvalue weighted by molar-refractivity contribution is 5.92. The summed E-state index contributed by atoms with van der Waals surface area (Å²) in [6.45, 7) is 5.53. The molecule has 236 valence electrons. The van der Waals surface area contributed by atoms with Crippen LogP contribution in [0.2, 0.25) is 0 Å². The van der Waals surface area contributed by atoms with E-state index in [1.54, 1.807) is 6.20 Å². The van der Waals surface area contributed by atoms with Crippen LogP contribution in [0.4, 0.5) is 0 Å². The SMILES string of the molecule is CC(C)(C)C(=O)C[C@@H](Cc1ccccc1)C(=O)N[C@@H](Cc1c[nH]cn1)C(=O)N[C@@H](CC1CCCCC1)[C@@H](O)[C@@H](O)C1CC1. The van der Waals surface area contributed by atoms with Crippen LogP contribution in [0.25, 0.3) is 0 Å². The Morgan fingerprint density at radius 3 is 2.26 bits per heavy atom. The number of carbonyl (C=O) groups is 3. The topological polar surface area (TPSA) is 144 Å². The van der Waals surface area contributed by atoms with Crippen LogP contribution in [-0.4, -0.2) is 62.1 Å². The van der Waals surface area contributed by atoms with Crippen molar-refractivity contribution in [2.75, 3.05) is 0 Å². The Bertz CT molecular complexity index is 1170. The maximum absolute atomic E-state index is 13.9. The Labute approximate surface area is 255 Å². The summed E-state index contributed by atoms with van der Waals surface area (Å²) in [7, 11) is 0.